The molecule has 2 aliphatic carbocycles. The first-order valence-corrected chi connectivity index (χ1v) is 18.2. The Balaban J connectivity index is 1.45. The SMILES string of the molecule is CN(C)C(=O)N(C)[C@H]1C=CCOC(C)(C)C(=O)NS(=O)(=O)c2ccc3c(c2)N(C[C@@H]2CC[C@H]21)C[C@@]1(CCCc2cc(Cl)ccc21)CO3. The molecule has 0 saturated heterocycles. The van der Waals surface area contributed by atoms with Crippen LogP contribution in [-0.4, -0.2) is 89.2 Å². The molecule has 254 valence electrons. The minimum atomic E-state index is -4.22. The number of sulfonamides is 1. The van der Waals surface area contributed by atoms with Gasteiger partial charge in [-0.1, -0.05) is 29.8 Å². The maximum atomic E-state index is 13.6. The van der Waals surface area contributed by atoms with Crippen molar-refractivity contribution in [3.05, 3.63) is 64.7 Å². The summed E-state index contributed by atoms with van der Waals surface area (Å²) in [5.74, 6) is 0.221. The molecule has 0 aromatic heterocycles. The third-order valence-electron chi connectivity index (χ3n) is 10.5. The van der Waals surface area contributed by atoms with Crippen LogP contribution >= 0.6 is 11.6 Å². The highest BCUT2D eigenvalue weighted by Crippen LogP contribution is 2.47. The van der Waals surface area contributed by atoms with Crippen LogP contribution in [0.3, 0.4) is 0 Å². The van der Waals surface area contributed by atoms with Gasteiger partial charge in [-0.05, 0) is 99.2 Å². The third kappa shape index (κ3) is 6.46. The van der Waals surface area contributed by atoms with E-state index in [0.717, 1.165) is 32.1 Å². The second-order valence-electron chi connectivity index (χ2n) is 14.2. The number of amides is 3. The third-order valence-corrected chi connectivity index (χ3v) is 12.0. The number of fused-ring (bicyclic) bond motifs is 4. The second-order valence-corrected chi connectivity index (χ2v) is 16.3. The van der Waals surface area contributed by atoms with Crippen LogP contribution in [0, 0.1) is 11.8 Å². The lowest BCUT2D eigenvalue weighted by molar-refractivity contribution is -0.139. The molecule has 4 atom stereocenters. The molecule has 47 heavy (non-hydrogen) atoms. The zero-order chi connectivity index (χ0) is 33.7. The number of ether oxygens (including phenoxy) is 2. The van der Waals surface area contributed by atoms with Crippen molar-refractivity contribution in [2.45, 2.75) is 67.9 Å². The number of aryl methyl sites for hydroxylation is 1. The van der Waals surface area contributed by atoms with Crippen LogP contribution in [0.5, 0.6) is 5.75 Å². The molecule has 10 nitrogen and oxygen atoms in total. The fourth-order valence-corrected chi connectivity index (χ4v) is 8.95. The van der Waals surface area contributed by atoms with Crippen molar-refractivity contribution in [1.29, 1.82) is 0 Å². The van der Waals surface area contributed by atoms with E-state index in [1.165, 1.54) is 31.0 Å². The lowest BCUT2D eigenvalue weighted by atomic mass is 9.67. The molecule has 4 aliphatic rings. The molecule has 1 N–H and O–H groups in total. The van der Waals surface area contributed by atoms with Gasteiger partial charge in [-0.3, -0.25) is 4.79 Å². The van der Waals surface area contributed by atoms with Crippen molar-refractivity contribution >= 4 is 39.2 Å². The number of hydrogen-bond donors (Lipinski definition) is 1. The van der Waals surface area contributed by atoms with E-state index in [-0.39, 0.29) is 40.8 Å². The molecule has 2 bridgehead atoms. The van der Waals surface area contributed by atoms with E-state index in [1.807, 2.05) is 25.3 Å². The lowest BCUT2D eigenvalue weighted by Gasteiger charge is -2.48. The Morgan fingerprint density at radius 2 is 1.89 bits per heavy atom. The lowest BCUT2D eigenvalue weighted by Crippen LogP contribution is -2.53. The van der Waals surface area contributed by atoms with Gasteiger partial charge in [-0.25, -0.2) is 17.9 Å². The topological polar surface area (TPSA) is 108 Å². The van der Waals surface area contributed by atoms with Gasteiger partial charge < -0.3 is 24.2 Å². The van der Waals surface area contributed by atoms with Crippen LogP contribution in [0.4, 0.5) is 10.5 Å². The summed E-state index contributed by atoms with van der Waals surface area (Å²) in [4.78, 5) is 32.1. The van der Waals surface area contributed by atoms with Crippen molar-refractivity contribution in [3.8, 4) is 5.75 Å². The normalized spacial score (nSPS) is 28.1. The Hall–Kier alpha value is -3.28. The fourth-order valence-electron chi connectivity index (χ4n) is 7.64. The predicted octanol–water partition coefficient (Wildman–Crippen LogP) is 4.99. The van der Waals surface area contributed by atoms with Gasteiger partial charge in [0.1, 0.15) is 11.4 Å². The van der Waals surface area contributed by atoms with Crippen molar-refractivity contribution < 1.29 is 27.5 Å². The van der Waals surface area contributed by atoms with Gasteiger partial charge in [0.25, 0.3) is 15.9 Å². The van der Waals surface area contributed by atoms with Gasteiger partial charge in [0.2, 0.25) is 0 Å². The molecule has 3 amide bonds. The van der Waals surface area contributed by atoms with E-state index in [9.17, 15) is 18.0 Å². The Morgan fingerprint density at radius 3 is 2.62 bits per heavy atom. The van der Waals surface area contributed by atoms with Crippen LogP contribution in [-0.2, 0) is 31.4 Å². The van der Waals surface area contributed by atoms with Crippen LogP contribution < -0.4 is 14.4 Å². The Labute approximate surface area is 283 Å². The number of carbonyl (C=O) groups is 2. The number of benzene rings is 2. The Morgan fingerprint density at radius 1 is 1.11 bits per heavy atom. The summed E-state index contributed by atoms with van der Waals surface area (Å²) in [6.07, 6.45) is 8.59. The summed E-state index contributed by atoms with van der Waals surface area (Å²) in [6.45, 7) is 4.88. The number of halogens is 1. The highest BCUT2D eigenvalue weighted by molar-refractivity contribution is 7.90. The summed E-state index contributed by atoms with van der Waals surface area (Å²) in [5, 5.41) is 0.710. The van der Waals surface area contributed by atoms with Crippen molar-refractivity contribution in [2.24, 2.45) is 11.8 Å². The van der Waals surface area contributed by atoms with E-state index in [4.69, 9.17) is 21.1 Å². The maximum Gasteiger partial charge on any atom is 0.319 e. The number of nitrogens with one attached hydrogen (secondary N) is 1. The van der Waals surface area contributed by atoms with Gasteiger partial charge in [0, 0.05) is 44.7 Å². The Kier molecular flexibility index (Phi) is 9.04. The minimum Gasteiger partial charge on any atom is -0.490 e. The molecule has 1 fully saturated rings. The maximum absolute atomic E-state index is 13.6. The number of urea groups is 1. The number of carbonyl (C=O) groups excluding carboxylic acids is 2. The number of anilines is 1. The van der Waals surface area contributed by atoms with Crippen LogP contribution in [0.2, 0.25) is 5.02 Å². The molecule has 1 spiro atoms. The standard InChI is InChI=1S/C35H45ClN4O6S/c1-34(2)32(41)37-47(43,44)26-12-15-31-30(19-26)40(21-35(22-45-31)16-6-8-23-18-25(36)11-14-28(23)35)20-24-10-13-27(24)29(9-7-17-46-34)39(5)33(42)38(3)4/h7,9,11-12,14-15,18-19,24,27,29H,6,8,10,13,16-17,20-22H2,1-5H3,(H,37,41)/t24-,27+,29-,35-/m0/s1. The molecule has 2 aliphatic heterocycles. The largest absolute Gasteiger partial charge is 0.490 e. The highest BCUT2D eigenvalue weighted by atomic mass is 35.5. The van der Waals surface area contributed by atoms with Crippen LogP contribution in [0.15, 0.2) is 53.4 Å². The van der Waals surface area contributed by atoms with Gasteiger partial charge in [0.05, 0.1) is 29.8 Å². The predicted molar refractivity (Wildman–Crippen MR) is 182 cm³/mol. The molecule has 1 saturated carbocycles. The van der Waals surface area contributed by atoms with Crippen LogP contribution in [0.1, 0.15) is 50.7 Å². The van der Waals surface area contributed by atoms with E-state index < -0.39 is 21.5 Å². The molecule has 6 rings (SSSR count). The summed E-state index contributed by atoms with van der Waals surface area (Å²) in [6, 6.07) is 10.6. The van der Waals surface area contributed by atoms with E-state index >= 15 is 0 Å². The van der Waals surface area contributed by atoms with Crippen molar-refractivity contribution in [3.63, 3.8) is 0 Å². The molecule has 2 aromatic carbocycles. The number of likely N-dealkylation sites (N-methyl/N-ethyl adjacent to an activating group) is 1. The van der Waals surface area contributed by atoms with Crippen molar-refractivity contribution in [2.75, 3.05) is 52.3 Å². The van der Waals surface area contributed by atoms with Gasteiger partial charge in [-0.15, -0.1) is 0 Å². The van der Waals surface area contributed by atoms with Crippen LogP contribution in [0.25, 0.3) is 0 Å². The van der Waals surface area contributed by atoms with Gasteiger partial charge in [-0.2, -0.15) is 0 Å². The molecule has 0 radical (unpaired) electrons. The van der Waals surface area contributed by atoms with Crippen molar-refractivity contribution in [1.82, 2.24) is 14.5 Å². The molecule has 12 heteroatoms. The first-order chi connectivity index (χ1) is 22.2. The molecular weight excluding hydrogens is 640 g/mol. The Bertz CT molecular complexity index is 1690. The zero-order valence-corrected chi connectivity index (χ0v) is 29.4. The minimum absolute atomic E-state index is 0.0212. The number of hydrogen-bond acceptors (Lipinski definition) is 7. The highest BCUT2D eigenvalue weighted by Gasteiger charge is 2.45. The summed E-state index contributed by atoms with van der Waals surface area (Å²) < 4.78 is 41.9. The van der Waals surface area contributed by atoms with Gasteiger partial charge >= 0.3 is 6.03 Å². The monoisotopic (exact) mass is 684 g/mol. The van der Waals surface area contributed by atoms with E-state index in [1.54, 1.807) is 36.0 Å². The van der Waals surface area contributed by atoms with E-state index in [2.05, 4.69) is 21.8 Å². The molecule has 2 aromatic rings. The average molecular weight is 685 g/mol. The smallest absolute Gasteiger partial charge is 0.319 e. The second kappa shape index (κ2) is 12.6. The molecule has 0 unspecified atom stereocenters. The molecular formula is C35H45ClN4O6S. The summed E-state index contributed by atoms with van der Waals surface area (Å²) in [5.41, 5.74) is 1.36. The summed E-state index contributed by atoms with van der Waals surface area (Å²) in [7, 11) is 1.10. The number of nitrogens with zero attached hydrogens (tertiary/aromatic N) is 3. The fraction of sp³-hybridized carbons (Fsp3) is 0.543. The molecule has 2 heterocycles. The van der Waals surface area contributed by atoms with E-state index in [0.29, 0.717) is 36.2 Å². The zero-order valence-electron chi connectivity index (χ0n) is 27.8. The summed E-state index contributed by atoms with van der Waals surface area (Å²) >= 11 is 6.43. The van der Waals surface area contributed by atoms with Gasteiger partial charge in [0.15, 0.2) is 0 Å². The number of rotatable bonds is 1. The quantitative estimate of drug-likeness (QED) is 0.422. The first-order valence-electron chi connectivity index (χ1n) is 16.3. The average Bonchev–Trinajstić information content (AvgIpc) is 3.16. The first kappa shape index (κ1) is 33.6.